The molecular formula is C6H3Cl2NO4S. The number of carbonyl (C=O) groups is 1. The summed E-state index contributed by atoms with van der Waals surface area (Å²) in [4.78, 5) is 13.3. The SMILES string of the molecule is O=C(O)c1nc(Cl)ccc1S(=O)(=O)Cl. The van der Waals surface area contributed by atoms with Crippen molar-refractivity contribution in [3.05, 3.63) is 23.0 Å². The van der Waals surface area contributed by atoms with E-state index in [0.29, 0.717) is 0 Å². The predicted octanol–water partition coefficient (Wildman–Crippen LogP) is 1.36. The summed E-state index contributed by atoms with van der Waals surface area (Å²) in [6, 6.07) is 2.13. The van der Waals surface area contributed by atoms with E-state index in [9.17, 15) is 13.2 Å². The van der Waals surface area contributed by atoms with Crippen molar-refractivity contribution in [1.82, 2.24) is 4.98 Å². The summed E-state index contributed by atoms with van der Waals surface area (Å²) in [5, 5.41) is 8.49. The molecule has 1 N–H and O–H groups in total. The van der Waals surface area contributed by atoms with E-state index in [0.717, 1.165) is 12.1 Å². The number of rotatable bonds is 2. The van der Waals surface area contributed by atoms with Crippen LogP contribution in [0.5, 0.6) is 0 Å². The molecule has 5 nitrogen and oxygen atoms in total. The second-order valence-electron chi connectivity index (χ2n) is 2.22. The molecule has 0 fully saturated rings. The topological polar surface area (TPSA) is 84.3 Å². The van der Waals surface area contributed by atoms with Gasteiger partial charge in [0.25, 0.3) is 9.05 Å². The average molecular weight is 256 g/mol. The Hall–Kier alpha value is -0.850. The third kappa shape index (κ3) is 2.34. The van der Waals surface area contributed by atoms with Gasteiger partial charge in [-0.2, -0.15) is 0 Å². The molecule has 0 aliphatic carbocycles. The fourth-order valence-corrected chi connectivity index (χ4v) is 1.89. The fraction of sp³-hybridized carbons (Fsp3) is 0. The van der Waals surface area contributed by atoms with Crippen LogP contribution in [0.3, 0.4) is 0 Å². The van der Waals surface area contributed by atoms with E-state index < -0.39 is 25.6 Å². The lowest BCUT2D eigenvalue weighted by Crippen LogP contribution is -2.07. The second kappa shape index (κ2) is 3.72. The highest BCUT2D eigenvalue weighted by Crippen LogP contribution is 2.20. The summed E-state index contributed by atoms with van der Waals surface area (Å²) >= 11 is 5.40. The van der Waals surface area contributed by atoms with Crippen LogP contribution in [0.1, 0.15) is 10.5 Å². The van der Waals surface area contributed by atoms with Crippen molar-refractivity contribution in [2.45, 2.75) is 4.90 Å². The summed E-state index contributed by atoms with van der Waals surface area (Å²) in [5.74, 6) is -1.51. The smallest absolute Gasteiger partial charge is 0.355 e. The lowest BCUT2D eigenvalue weighted by atomic mass is 10.3. The molecule has 1 rings (SSSR count). The van der Waals surface area contributed by atoms with Gasteiger partial charge in [0.15, 0.2) is 5.69 Å². The third-order valence-corrected chi connectivity index (χ3v) is 2.85. The van der Waals surface area contributed by atoms with Crippen molar-refractivity contribution in [3.63, 3.8) is 0 Å². The molecule has 8 heteroatoms. The minimum atomic E-state index is -4.13. The average Bonchev–Trinajstić information content (AvgIpc) is 2.01. The van der Waals surface area contributed by atoms with Gasteiger partial charge in [-0.05, 0) is 12.1 Å². The fourth-order valence-electron chi connectivity index (χ4n) is 0.773. The Morgan fingerprint density at radius 3 is 2.43 bits per heavy atom. The molecule has 0 saturated carbocycles. The molecule has 0 bridgehead atoms. The highest BCUT2D eigenvalue weighted by molar-refractivity contribution is 8.13. The van der Waals surface area contributed by atoms with E-state index >= 15 is 0 Å². The Labute approximate surface area is 88.7 Å². The molecule has 0 atom stereocenters. The lowest BCUT2D eigenvalue weighted by molar-refractivity contribution is 0.0686. The molecule has 1 aromatic rings. The third-order valence-electron chi connectivity index (χ3n) is 1.29. The van der Waals surface area contributed by atoms with Crippen LogP contribution >= 0.6 is 22.3 Å². The van der Waals surface area contributed by atoms with Gasteiger partial charge < -0.3 is 5.11 Å². The van der Waals surface area contributed by atoms with Crippen LogP contribution in [-0.2, 0) is 9.05 Å². The highest BCUT2D eigenvalue weighted by atomic mass is 35.7. The molecule has 0 aromatic carbocycles. The number of aromatic carboxylic acids is 1. The van der Waals surface area contributed by atoms with Crippen molar-refractivity contribution in [2.24, 2.45) is 0 Å². The van der Waals surface area contributed by atoms with Crippen molar-refractivity contribution in [3.8, 4) is 0 Å². The monoisotopic (exact) mass is 255 g/mol. The molecule has 0 aliphatic heterocycles. The van der Waals surface area contributed by atoms with Gasteiger partial charge in [0.05, 0.1) is 0 Å². The number of hydrogen-bond donors (Lipinski definition) is 1. The molecule has 0 unspecified atom stereocenters. The molecule has 0 saturated heterocycles. The first-order valence-electron chi connectivity index (χ1n) is 3.17. The molecular weight excluding hydrogens is 253 g/mol. The van der Waals surface area contributed by atoms with Gasteiger partial charge in [0, 0.05) is 10.7 Å². The molecule has 1 heterocycles. The Balaban J connectivity index is 3.53. The summed E-state index contributed by atoms with van der Waals surface area (Å²) < 4.78 is 21.8. The predicted molar refractivity (Wildman–Crippen MR) is 49.2 cm³/mol. The Kier molecular flexibility index (Phi) is 2.98. The lowest BCUT2D eigenvalue weighted by Gasteiger charge is -2.00. The van der Waals surface area contributed by atoms with Crippen LogP contribution in [-0.4, -0.2) is 24.5 Å². The molecule has 0 aliphatic rings. The molecule has 76 valence electrons. The summed E-state index contributed by atoms with van der Waals surface area (Å²) in [6.07, 6.45) is 0. The second-order valence-corrected chi connectivity index (χ2v) is 5.15. The van der Waals surface area contributed by atoms with Crippen LogP contribution in [0.2, 0.25) is 5.15 Å². The van der Waals surface area contributed by atoms with Gasteiger partial charge >= 0.3 is 5.97 Å². The number of carboxylic acids is 1. The first kappa shape index (κ1) is 11.2. The van der Waals surface area contributed by atoms with Gasteiger partial charge in [0.2, 0.25) is 0 Å². The van der Waals surface area contributed by atoms with E-state index in [1.165, 1.54) is 0 Å². The van der Waals surface area contributed by atoms with Gasteiger partial charge in [0.1, 0.15) is 10.0 Å². The zero-order chi connectivity index (χ0) is 10.9. The van der Waals surface area contributed by atoms with Crippen LogP contribution in [0.4, 0.5) is 0 Å². The minimum Gasteiger partial charge on any atom is -0.476 e. The molecule has 0 amide bonds. The quantitative estimate of drug-likeness (QED) is 0.637. The van der Waals surface area contributed by atoms with Gasteiger partial charge in [-0.15, -0.1) is 0 Å². The van der Waals surface area contributed by atoms with Crippen LogP contribution < -0.4 is 0 Å². The molecule has 14 heavy (non-hydrogen) atoms. The van der Waals surface area contributed by atoms with Gasteiger partial charge in [-0.25, -0.2) is 18.2 Å². The Morgan fingerprint density at radius 2 is 2.00 bits per heavy atom. The zero-order valence-electron chi connectivity index (χ0n) is 6.44. The summed E-state index contributed by atoms with van der Waals surface area (Å²) in [5.41, 5.74) is -0.687. The largest absolute Gasteiger partial charge is 0.476 e. The number of halogens is 2. The Bertz CT molecular complexity index is 485. The maximum atomic E-state index is 10.9. The normalized spacial score (nSPS) is 11.3. The van der Waals surface area contributed by atoms with Crippen molar-refractivity contribution >= 4 is 37.3 Å². The van der Waals surface area contributed by atoms with E-state index in [1.807, 2.05) is 0 Å². The highest BCUT2D eigenvalue weighted by Gasteiger charge is 2.21. The number of carboxylic acid groups (broad SMARTS) is 1. The van der Waals surface area contributed by atoms with Crippen molar-refractivity contribution < 1.29 is 18.3 Å². The maximum Gasteiger partial charge on any atom is 0.355 e. The number of hydrogen-bond acceptors (Lipinski definition) is 4. The molecule has 0 radical (unpaired) electrons. The van der Waals surface area contributed by atoms with Gasteiger partial charge in [-0.1, -0.05) is 11.6 Å². The van der Waals surface area contributed by atoms with E-state index in [1.54, 1.807) is 0 Å². The first-order valence-corrected chi connectivity index (χ1v) is 5.85. The van der Waals surface area contributed by atoms with E-state index in [4.69, 9.17) is 27.4 Å². The number of nitrogens with zero attached hydrogens (tertiary/aromatic N) is 1. The van der Waals surface area contributed by atoms with Crippen molar-refractivity contribution in [1.29, 1.82) is 0 Å². The molecule has 1 aromatic heterocycles. The number of aromatic nitrogens is 1. The van der Waals surface area contributed by atoms with Crippen LogP contribution in [0, 0.1) is 0 Å². The summed E-state index contributed by atoms with van der Waals surface area (Å²) in [6.45, 7) is 0. The van der Waals surface area contributed by atoms with Gasteiger partial charge in [-0.3, -0.25) is 0 Å². The van der Waals surface area contributed by atoms with Crippen LogP contribution in [0.25, 0.3) is 0 Å². The van der Waals surface area contributed by atoms with Crippen molar-refractivity contribution in [2.75, 3.05) is 0 Å². The first-order chi connectivity index (χ1) is 6.32. The van der Waals surface area contributed by atoms with E-state index in [2.05, 4.69) is 4.98 Å². The summed E-state index contributed by atoms with van der Waals surface area (Å²) in [7, 11) is 0.861. The van der Waals surface area contributed by atoms with E-state index in [-0.39, 0.29) is 5.15 Å². The standard InChI is InChI=1S/C6H3Cl2NO4S/c7-4-2-1-3(14(8,12)13)5(9-4)6(10)11/h1-2H,(H,10,11). The molecule has 0 spiro atoms. The zero-order valence-corrected chi connectivity index (χ0v) is 8.77. The number of pyridine rings is 1. The maximum absolute atomic E-state index is 10.9. The minimum absolute atomic E-state index is 0.119. The Morgan fingerprint density at radius 1 is 1.43 bits per heavy atom. The van der Waals surface area contributed by atoms with Crippen LogP contribution in [0.15, 0.2) is 17.0 Å².